The van der Waals surface area contributed by atoms with Crippen LogP contribution in [0.15, 0.2) is 42.6 Å². The second kappa shape index (κ2) is 7.72. The number of methoxy groups -OCH3 is 1. The van der Waals surface area contributed by atoms with Gasteiger partial charge in [0.15, 0.2) is 0 Å². The first-order valence-corrected chi connectivity index (χ1v) is 8.60. The van der Waals surface area contributed by atoms with Crippen LogP contribution < -0.4 is 20.9 Å². The van der Waals surface area contributed by atoms with Crippen LogP contribution in [0.25, 0.3) is 0 Å². The Kier molecular flexibility index (Phi) is 5.40. The number of hydrazine groups is 1. The molecule has 2 aromatic rings. The summed E-state index contributed by atoms with van der Waals surface area (Å²) in [5, 5.41) is 3.03. The molecule has 134 valence electrons. The number of nitrogens with one attached hydrogen (secondary N) is 3. The molecule has 0 radical (unpaired) electrons. The molecule has 1 aliphatic heterocycles. The van der Waals surface area contributed by atoms with Gasteiger partial charge in [-0.15, -0.1) is 0 Å². The quantitative estimate of drug-likeness (QED) is 0.750. The van der Waals surface area contributed by atoms with E-state index in [1.807, 2.05) is 54.2 Å². The minimum atomic E-state index is 0.0714. The van der Waals surface area contributed by atoms with Crippen LogP contribution in [0, 0.1) is 5.92 Å². The summed E-state index contributed by atoms with van der Waals surface area (Å²) in [6.45, 7) is 2.66. The van der Waals surface area contributed by atoms with Crippen molar-refractivity contribution in [1.29, 1.82) is 0 Å². The maximum absolute atomic E-state index is 12.4. The highest BCUT2D eigenvalue weighted by Gasteiger charge is 2.35. The van der Waals surface area contributed by atoms with Crippen molar-refractivity contribution in [2.75, 3.05) is 7.11 Å². The van der Waals surface area contributed by atoms with E-state index < -0.39 is 0 Å². The summed E-state index contributed by atoms with van der Waals surface area (Å²) in [6.07, 6.45) is 2.45. The molecule has 0 aliphatic carbocycles. The maximum atomic E-state index is 12.4. The van der Waals surface area contributed by atoms with Gasteiger partial charge < -0.3 is 14.6 Å². The zero-order valence-electron chi connectivity index (χ0n) is 15.0. The minimum Gasteiger partial charge on any atom is -0.497 e. The van der Waals surface area contributed by atoms with Crippen molar-refractivity contribution >= 4 is 5.91 Å². The molecule has 1 aromatic carbocycles. The van der Waals surface area contributed by atoms with E-state index in [4.69, 9.17) is 4.74 Å². The van der Waals surface area contributed by atoms with Crippen LogP contribution >= 0.6 is 0 Å². The predicted octanol–water partition coefficient (Wildman–Crippen LogP) is 1.89. The number of carbonyl (C=O) groups is 1. The molecule has 0 spiro atoms. The Balaban J connectivity index is 1.62. The highest BCUT2D eigenvalue weighted by atomic mass is 16.5. The Labute approximate surface area is 148 Å². The van der Waals surface area contributed by atoms with E-state index in [9.17, 15) is 4.79 Å². The molecule has 1 aromatic heterocycles. The van der Waals surface area contributed by atoms with Gasteiger partial charge in [0, 0.05) is 37.3 Å². The van der Waals surface area contributed by atoms with Gasteiger partial charge in [0.2, 0.25) is 5.91 Å². The van der Waals surface area contributed by atoms with Gasteiger partial charge in [-0.1, -0.05) is 12.1 Å². The van der Waals surface area contributed by atoms with Gasteiger partial charge >= 0.3 is 0 Å². The Morgan fingerprint density at radius 2 is 2.00 bits per heavy atom. The number of benzene rings is 1. The van der Waals surface area contributed by atoms with Crippen LogP contribution in [0.2, 0.25) is 0 Å². The zero-order chi connectivity index (χ0) is 17.8. The SMILES string of the molecule is COc1ccc(C2NNC(C)C2CC(=O)NCc2cccn2C)cc1. The van der Waals surface area contributed by atoms with Gasteiger partial charge in [0.25, 0.3) is 0 Å². The summed E-state index contributed by atoms with van der Waals surface area (Å²) >= 11 is 0. The lowest BCUT2D eigenvalue weighted by Gasteiger charge is -2.21. The third-order valence-corrected chi connectivity index (χ3v) is 4.95. The van der Waals surface area contributed by atoms with E-state index >= 15 is 0 Å². The molecular formula is C19H26N4O2. The van der Waals surface area contributed by atoms with Gasteiger partial charge in [-0.25, -0.2) is 5.43 Å². The first-order chi connectivity index (χ1) is 12.1. The molecule has 25 heavy (non-hydrogen) atoms. The monoisotopic (exact) mass is 342 g/mol. The molecule has 3 rings (SSSR count). The molecule has 1 aliphatic rings. The van der Waals surface area contributed by atoms with Crippen LogP contribution in [0.5, 0.6) is 5.75 Å². The van der Waals surface area contributed by atoms with E-state index in [-0.39, 0.29) is 23.9 Å². The summed E-state index contributed by atoms with van der Waals surface area (Å²) in [4.78, 5) is 12.4. The van der Waals surface area contributed by atoms with Crippen molar-refractivity contribution in [1.82, 2.24) is 20.7 Å². The van der Waals surface area contributed by atoms with Gasteiger partial charge in [-0.2, -0.15) is 0 Å². The number of aryl methyl sites for hydroxylation is 1. The van der Waals surface area contributed by atoms with Gasteiger partial charge in [-0.05, 0) is 36.8 Å². The highest BCUT2D eigenvalue weighted by Crippen LogP contribution is 2.32. The average Bonchev–Trinajstić information content (AvgIpc) is 3.19. The smallest absolute Gasteiger partial charge is 0.220 e. The second-order valence-electron chi connectivity index (χ2n) is 6.58. The number of nitrogens with zero attached hydrogens (tertiary/aromatic N) is 1. The first-order valence-electron chi connectivity index (χ1n) is 8.60. The third-order valence-electron chi connectivity index (χ3n) is 4.95. The van der Waals surface area contributed by atoms with E-state index in [1.54, 1.807) is 7.11 Å². The molecule has 3 atom stereocenters. The van der Waals surface area contributed by atoms with Crippen LogP contribution in [-0.4, -0.2) is 23.6 Å². The number of carbonyl (C=O) groups excluding carboxylic acids is 1. The Morgan fingerprint density at radius 1 is 1.24 bits per heavy atom. The van der Waals surface area contributed by atoms with E-state index in [0.717, 1.165) is 17.0 Å². The van der Waals surface area contributed by atoms with Gasteiger partial charge in [0.05, 0.1) is 19.7 Å². The maximum Gasteiger partial charge on any atom is 0.220 e. The lowest BCUT2D eigenvalue weighted by molar-refractivity contribution is -0.122. The normalized spacial score (nSPS) is 22.8. The average molecular weight is 342 g/mol. The van der Waals surface area contributed by atoms with Crippen molar-refractivity contribution in [3.05, 3.63) is 53.9 Å². The second-order valence-corrected chi connectivity index (χ2v) is 6.58. The third kappa shape index (κ3) is 4.03. The van der Waals surface area contributed by atoms with Crippen molar-refractivity contribution in [2.24, 2.45) is 13.0 Å². The largest absolute Gasteiger partial charge is 0.497 e. The van der Waals surface area contributed by atoms with Crippen molar-refractivity contribution in [3.63, 3.8) is 0 Å². The van der Waals surface area contributed by atoms with Crippen molar-refractivity contribution in [2.45, 2.75) is 32.0 Å². The first kappa shape index (κ1) is 17.5. The fraction of sp³-hybridized carbons (Fsp3) is 0.421. The topological polar surface area (TPSA) is 67.3 Å². The Hall–Kier alpha value is -2.31. The zero-order valence-corrected chi connectivity index (χ0v) is 15.0. The predicted molar refractivity (Wildman–Crippen MR) is 96.8 cm³/mol. The van der Waals surface area contributed by atoms with E-state index in [1.165, 1.54) is 0 Å². The van der Waals surface area contributed by atoms with Gasteiger partial charge in [-0.3, -0.25) is 10.2 Å². The molecule has 3 unspecified atom stereocenters. The number of ether oxygens (including phenoxy) is 1. The summed E-state index contributed by atoms with van der Waals surface area (Å²) in [6, 6.07) is 12.3. The number of aromatic nitrogens is 1. The molecule has 6 heteroatoms. The standard InChI is InChI=1S/C19H26N4O2/c1-13-17(11-18(24)20-12-15-5-4-10-23(15)2)19(22-21-13)14-6-8-16(25-3)9-7-14/h4-10,13,17,19,21-22H,11-12H2,1-3H3,(H,20,24). The molecule has 1 fully saturated rings. The van der Waals surface area contributed by atoms with Crippen molar-refractivity contribution < 1.29 is 9.53 Å². The molecule has 1 saturated heterocycles. The summed E-state index contributed by atoms with van der Waals surface area (Å²) in [5.74, 6) is 1.09. The summed E-state index contributed by atoms with van der Waals surface area (Å²) in [5.41, 5.74) is 8.83. The minimum absolute atomic E-state index is 0.0714. The van der Waals surface area contributed by atoms with Crippen LogP contribution in [0.3, 0.4) is 0 Å². The van der Waals surface area contributed by atoms with Crippen LogP contribution in [0.1, 0.15) is 30.6 Å². The molecule has 3 N–H and O–H groups in total. The number of amides is 1. The number of hydrogen-bond acceptors (Lipinski definition) is 4. The highest BCUT2D eigenvalue weighted by molar-refractivity contribution is 5.76. The fourth-order valence-electron chi connectivity index (χ4n) is 3.32. The Morgan fingerprint density at radius 3 is 2.64 bits per heavy atom. The van der Waals surface area contributed by atoms with Crippen molar-refractivity contribution in [3.8, 4) is 5.75 Å². The fourth-order valence-corrected chi connectivity index (χ4v) is 3.32. The molecule has 0 saturated carbocycles. The van der Waals surface area contributed by atoms with Crippen LogP contribution in [-0.2, 0) is 18.4 Å². The molecular weight excluding hydrogens is 316 g/mol. The summed E-state index contributed by atoms with van der Waals surface area (Å²) < 4.78 is 7.23. The molecule has 6 nitrogen and oxygen atoms in total. The summed E-state index contributed by atoms with van der Waals surface area (Å²) in [7, 11) is 3.64. The number of rotatable bonds is 6. The van der Waals surface area contributed by atoms with Crippen LogP contribution in [0.4, 0.5) is 0 Å². The lowest BCUT2D eigenvalue weighted by atomic mass is 9.87. The lowest BCUT2D eigenvalue weighted by Crippen LogP contribution is -2.31. The van der Waals surface area contributed by atoms with E-state index in [0.29, 0.717) is 13.0 Å². The number of hydrogen-bond donors (Lipinski definition) is 3. The van der Waals surface area contributed by atoms with E-state index in [2.05, 4.69) is 23.1 Å². The molecule has 0 bridgehead atoms. The van der Waals surface area contributed by atoms with Gasteiger partial charge in [0.1, 0.15) is 5.75 Å². The molecule has 2 heterocycles. The molecule has 1 amide bonds. The Bertz CT molecular complexity index is 710.